The van der Waals surface area contributed by atoms with E-state index in [0.717, 1.165) is 12.8 Å². The first kappa shape index (κ1) is 12.3. The highest BCUT2D eigenvalue weighted by atomic mass is 16.4. The molecule has 0 aromatic carbocycles. The summed E-state index contributed by atoms with van der Waals surface area (Å²) in [6.07, 6.45) is 1.06. The molecule has 0 spiro atoms. The van der Waals surface area contributed by atoms with Gasteiger partial charge in [0, 0.05) is 6.04 Å². The van der Waals surface area contributed by atoms with Crippen molar-refractivity contribution in [3.8, 4) is 0 Å². The van der Waals surface area contributed by atoms with Gasteiger partial charge >= 0.3 is 5.97 Å². The molecule has 2 atom stereocenters. The molecule has 13 heavy (non-hydrogen) atoms. The van der Waals surface area contributed by atoms with Crippen molar-refractivity contribution < 1.29 is 15.0 Å². The molecule has 0 heterocycles. The monoisotopic (exact) mass is 190 g/mol. The number of carboxylic acids is 1. The number of aliphatic carboxylic acids is 1. The summed E-state index contributed by atoms with van der Waals surface area (Å²) < 4.78 is 0. The van der Waals surface area contributed by atoms with Crippen LogP contribution in [0.3, 0.4) is 0 Å². The Bertz CT molecular complexity index is 152. The largest absolute Gasteiger partial charge is 0.481 e. The summed E-state index contributed by atoms with van der Waals surface area (Å²) in [5.41, 5.74) is 10.8. The lowest BCUT2D eigenvalue weighted by atomic mass is 10.0. The fourth-order valence-electron chi connectivity index (χ4n) is 1.05. The third-order valence-electron chi connectivity index (χ3n) is 1.87. The van der Waals surface area contributed by atoms with Gasteiger partial charge in [0.25, 0.3) is 0 Å². The first-order valence-electron chi connectivity index (χ1n) is 4.43. The van der Waals surface area contributed by atoms with Crippen molar-refractivity contribution in [1.29, 1.82) is 0 Å². The minimum Gasteiger partial charge on any atom is -0.481 e. The Morgan fingerprint density at radius 1 is 1.38 bits per heavy atom. The van der Waals surface area contributed by atoms with Crippen LogP contribution in [0.15, 0.2) is 0 Å². The van der Waals surface area contributed by atoms with Crippen molar-refractivity contribution in [2.75, 3.05) is 6.54 Å². The van der Waals surface area contributed by atoms with Crippen molar-refractivity contribution >= 4 is 5.97 Å². The van der Waals surface area contributed by atoms with Crippen LogP contribution >= 0.6 is 0 Å². The van der Waals surface area contributed by atoms with Crippen LogP contribution in [0.2, 0.25) is 0 Å². The third kappa shape index (κ3) is 6.51. The van der Waals surface area contributed by atoms with Crippen LogP contribution in [-0.4, -0.2) is 34.9 Å². The lowest BCUT2D eigenvalue weighted by Crippen LogP contribution is -2.36. The standard InChI is InChI=1S/C8H18N2O3/c9-4-2-1-3-6(10)7(11)5-8(12)13/h6-7,11H,1-5,9-10H2,(H,12,13)/t6-,7-/m0/s1. The van der Waals surface area contributed by atoms with Gasteiger partial charge in [-0.05, 0) is 19.4 Å². The molecule has 0 aromatic rings. The number of carbonyl (C=O) groups is 1. The molecule has 0 aliphatic heterocycles. The lowest BCUT2D eigenvalue weighted by Gasteiger charge is -2.16. The van der Waals surface area contributed by atoms with Gasteiger partial charge in [0.15, 0.2) is 0 Å². The van der Waals surface area contributed by atoms with Crippen molar-refractivity contribution in [2.45, 2.75) is 37.8 Å². The molecule has 6 N–H and O–H groups in total. The van der Waals surface area contributed by atoms with Crippen LogP contribution in [0.4, 0.5) is 0 Å². The second-order valence-corrected chi connectivity index (χ2v) is 3.11. The fraction of sp³-hybridized carbons (Fsp3) is 0.875. The van der Waals surface area contributed by atoms with Gasteiger partial charge in [-0.3, -0.25) is 4.79 Å². The van der Waals surface area contributed by atoms with Crippen LogP contribution in [0.5, 0.6) is 0 Å². The van der Waals surface area contributed by atoms with E-state index < -0.39 is 18.1 Å². The second kappa shape index (κ2) is 6.82. The molecule has 0 amide bonds. The molecule has 0 radical (unpaired) electrons. The third-order valence-corrected chi connectivity index (χ3v) is 1.87. The van der Waals surface area contributed by atoms with Gasteiger partial charge in [0.1, 0.15) is 0 Å². The van der Waals surface area contributed by atoms with Gasteiger partial charge in [-0.25, -0.2) is 0 Å². The van der Waals surface area contributed by atoms with Crippen LogP contribution in [0.1, 0.15) is 25.7 Å². The number of unbranched alkanes of at least 4 members (excludes halogenated alkanes) is 1. The van der Waals surface area contributed by atoms with E-state index in [0.29, 0.717) is 13.0 Å². The SMILES string of the molecule is NCCCC[C@H](N)[C@@H](O)CC(=O)O. The van der Waals surface area contributed by atoms with Gasteiger partial charge in [-0.1, -0.05) is 6.42 Å². The highest BCUT2D eigenvalue weighted by Crippen LogP contribution is 2.05. The molecular weight excluding hydrogens is 172 g/mol. The Labute approximate surface area is 77.7 Å². The fourth-order valence-corrected chi connectivity index (χ4v) is 1.05. The van der Waals surface area contributed by atoms with Gasteiger partial charge in [0.2, 0.25) is 0 Å². The molecule has 0 saturated carbocycles. The molecule has 0 aromatic heterocycles. The summed E-state index contributed by atoms with van der Waals surface area (Å²) in [7, 11) is 0. The molecule has 0 saturated heterocycles. The van der Waals surface area contributed by atoms with E-state index in [4.69, 9.17) is 16.6 Å². The zero-order valence-electron chi connectivity index (χ0n) is 7.65. The quantitative estimate of drug-likeness (QED) is 0.396. The number of aliphatic hydroxyl groups excluding tert-OH is 1. The predicted molar refractivity (Wildman–Crippen MR) is 49.1 cm³/mol. The molecule has 78 valence electrons. The molecule has 5 heteroatoms. The first-order chi connectivity index (χ1) is 6.07. The van der Waals surface area contributed by atoms with Crippen LogP contribution in [-0.2, 0) is 4.79 Å². The number of hydrogen-bond donors (Lipinski definition) is 4. The molecule has 0 aliphatic rings. The Morgan fingerprint density at radius 3 is 2.46 bits per heavy atom. The minimum absolute atomic E-state index is 0.288. The smallest absolute Gasteiger partial charge is 0.306 e. The number of hydrogen-bond acceptors (Lipinski definition) is 4. The van der Waals surface area contributed by atoms with Gasteiger partial charge in [0.05, 0.1) is 12.5 Å². The maximum atomic E-state index is 10.2. The Morgan fingerprint density at radius 2 is 2.00 bits per heavy atom. The van der Waals surface area contributed by atoms with E-state index in [9.17, 15) is 9.90 Å². The summed E-state index contributed by atoms with van der Waals surface area (Å²) in [6, 6.07) is -0.456. The average Bonchev–Trinajstić information content (AvgIpc) is 2.03. The predicted octanol–water partition coefficient (Wildman–Crippen LogP) is -0.722. The van der Waals surface area contributed by atoms with E-state index in [1.54, 1.807) is 0 Å². The molecule has 0 aliphatic carbocycles. The molecule has 0 bridgehead atoms. The molecule has 0 fully saturated rings. The van der Waals surface area contributed by atoms with Gasteiger partial charge in [-0.2, -0.15) is 0 Å². The van der Waals surface area contributed by atoms with E-state index in [1.165, 1.54) is 0 Å². The van der Waals surface area contributed by atoms with E-state index in [-0.39, 0.29) is 6.42 Å². The van der Waals surface area contributed by atoms with Crippen molar-refractivity contribution in [3.05, 3.63) is 0 Å². The zero-order chi connectivity index (χ0) is 10.3. The second-order valence-electron chi connectivity index (χ2n) is 3.11. The van der Waals surface area contributed by atoms with Crippen LogP contribution < -0.4 is 11.5 Å². The normalized spacial score (nSPS) is 15.3. The topological polar surface area (TPSA) is 110 Å². The van der Waals surface area contributed by atoms with Crippen molar-refractivity contribution in [2.24, 2.45) is 11.5 Å². The number of carboxylic acid groups (broad SMARTS) is 1. The van der Waals surface area contributed by atoms with E-state index in [1.807, 2.05) is 0 Å². The summed E-state index contributed by atoms with van der Waals surface area (Å²) in [5, 5.41) is 17.6. The highest BCUT2D eigenvalue weighted by molar-refractivity contribution is 5.67. The Kier molecular flexibility index (Phi) is 6.48. The maximum Gasteiger partial charge on any atom is 0.306 e. The number of rotatable bonds is 7. The van der Waals surface area contributed by atoms with Crippen LogP contribution in [0, 0.1) is 0 Å². The average molecular weight is 190 g/mol. The Hall–Kier alpha value is -0.650. The van der Waals surface area contributed by atoms with E-state index in [2.05, 4.69) is 0 Å². The minimum atomic E-state index is -1.03. The van der Waals surface area contributed by atoms with Crippen molar-refractivity contribution in [3.63, 3.8) is 0 Å². The molecular formula is C8H18N2O3. The Balaban J connectivity index is 3.56. The molecule has 0 unspecified atom stereocenters. The summed E-state index contributed by atoms with van der Waals surface area (Å²) >= 11 is 0. The maximum absolute atomic E-state index is 10.2. The first-order valence-corrected chi connectivity index (χ1v) is 4.43. The van der Waals surface area contributed by atoms with Gasteiger partial charge in [-0.15, -0.1) is 0 Å². The highest BCUT2D eigenvalue weighted by Gasteiger charge is 2.17. The zero-order valence-corrected chi connectivity index (χ0v) is 7.65. The van der Waals surface area contributed by atoms with E-state index >= 15 is 0 Å². The summed E-state index contributed by atoms with van der Waals surface area (Å²) in [6.45, 7) is 0.599. The summed E-state index contributed by atoms with van der Waals surface area (Å²) in [4.78, 5) is 10.2. The molecule has 5 nitrogen and oxygen atoms in total. The lowest BCUT2D eigenvalue weighted by molar-refractivity contribution is -0.139. The number of nitrogens with two attached hydrogens (primary N) is 2. The van der Waals surface area contributed by atoms with Crippen molar-refractivity contribution in [1.82, 2.24) is 0 Å². The van der Waals surface area contributed by atoms with Gasteiger partial charge < -0.3 is 21.7 Å². The van der Waals surface area contributed by atoms with Crippen LogP contribution in [0.25, 0.3) is 0 Å². The molecule has 0 rings (SSSR count). The summed E-state index contributed by atoms with van der Waals surface area (Å²) in [5.74, 6) is -1.03. The number of aliphatic hydroxyl groups is 1.